The van der Waals surface area contributed by atoms with Crippen LogP contribution >= 0.6 is 24.0 Å². The molecule has 32 heavy (non-hydrogen) atoms. The molecule has 1 unspecified atom stereocenters. The molecule has 4 fully saturated rings. The van der Waals surface area contributed by atoms with Gasteiger partial charge in [-0.15, -0.1) is 24.0 Å². The number of hydrogen-bond acceptors (Lipinski definition) is 5. The fourth-order valence-corrected chi connectivity index (χ4v) is 5.15. The number of carbonyl (C=O) groups is 1. The van der Waals surface area contributed by atoms with Crippen molar-refractivity contribution in [3.8, 4) is 0 Å². The Hall–Kier alpha value is -0.650. The standard InChI is InChI=1S/C23H42N6O2.HI/c1-2-24-23(29-8-6-20(19-29)18-27-14-16-31-17-15-27)25-7-9-26-10-12-28(13-11-26)22(30)21-4-3-5-21;/h20-21H,2-19H2,1H3,(H,24,25);1H. The Balaban J connectivity index is 0.00000289. The van der Waals surface area contributed by atoms with Gasteiger partial charge in [-0.1, -0.05) is 6.42 Å². The SMILES string of the molecule is CCNC(=NCCN1CCN(C(=O)C2CCC2)CC1)N1CCC(CN2CCOCC2)C1.I. The molecule has 0 aromatic heterocycles. The fourth-order valence-electron chi connectivity index (χ4n) is 5.15. The molecule has 3 heterocycles. The number of rotatable bonds is 7. The summed E-state index contributed by atoms with van der Waals surface area (Å²) in [5.74, 6) is 2.53. The van der Waals surface area contributed by atoms with Crippen molar-refractivity contribution in [3.63, 3.8) is 0 Å². The minimum Gasteiger partial charge on any atom is -0.379 e. The first-order chi connectivity index (χ1) is 15.2. The molecule has 0 aromatic carbocycles. The van der Waals surface area contributed by atoms with E-state index in [1.165, 1.54) is 19.4 Å². The van der Waals surface area contributed by atoms with Crippen LogP contribution in [0.1, 0.15) is 32.6 Å². The van der Waals surface area contributed by atoms with E-state index in [1.807, 2.05) is 0 Å². The van der Waals surface area contributed by atoms with Crippen molar-refractivity contribution < 1.29 is 9.53 Å². The third-order valence-electron chi connectivity index (χ3n) is 7.36. The van der Waals surface area contributed by atoms with E-state index < -0.39 is 0 Å². The van der Waals surface area contributed by atoms with Gasteiger partial charge in [-0.3, -0.25) is 19.6 Å². The second-order valence-corrected chi connectivity index (χ2v) is 9.54. The molecule has 0 aromatic rings. The number of carbonyl (C=O) groups excluding carboxylic acids is 1. The first-order valence-corrected chi connectivity index (χ1v) is 12.6. The van der Waals surface area contributed by atoms with Crippen LogP contribution in [0.3, 0.4) is 0 Å². The Morgan fingerprint density at radius 3 is 2.38 bits per heavy atom. The minimum atomic E-state index is 0. The number of amides is 1. The summed E-state index contributed by atoms with van der Waals surface area (Å²) >= 11 is 0. The summed E-state index contributed by atoms with van der Waals surface area (Å²) in [6.07, 6.45) is 4.68. The number of hydrogen-bond donors (Lipinski definition) is 1. The molecule has 8 nitrogen and oxygen atoms in total. The highest BCUT2D eigenvalue weighted by atomic mass is 127. The van der Waals surface area contributed by atoms with Crippen molar-refractivity contribution in [3.05, 3.63) is 0 Å². The third-order valence-corrected chi connectivity index (χ3v) is 7.36. The highest BCUT2D eigenvalue weighted by molar-refractivity contribution is 14.0. The highest BCUT2D eigenvalue weighted by Crippen LogP contribution is 2.28. The van der Waals surface area contributed by atoms with Crippen LogP contribution in [0.2, 0.25) is 0 Å². The number of aliphatic imine (C=N–C) groups is 1. The molecule has 1 saturated carbocycles. The number of ether oxygens (including phenoxy) is 1. The molecular weight excluding hydrogens is 519 g/mol. The molecule has 1 N–H and O–H groups in total. The van der Waals surface area contributed by atoms with Crippen LogP contribution in [0, 0.1) is 11.8 Å². The van der Waals surface area contributed by atoms with Gasteiger partial charge in [0.1, 0.15) is 0 Å². The fraction of sp³-hybridized carbons (Fsp3) is 0.913. The smallest absolute Gasteiger partial charge is 0.225 e. The number of nitrogens with one attached hydrogen (secondary N) is 1. The van der Waals surface area contributed by atoms with Crippen LogP contribution in [0.4, 0.5) is 0 Å². The summed E-state index contributed by atoms with van der Waals surface area (Å²) in [6.45, 7) is 15.9. The Morgan fingerprint density at radius 2 is 1.72 bits per heavy atom. The van der Waals surface area contributed by atoms with E-state index in [9.17, 15) is 4.79 Å². The molecule has 184 valence electrons. The molecule has 0 bridgehead atoms. The lowest BCUT2D eigenvalue weighted by Gasteiger charge is -2.38. The molecule has 0 spiro atoms. The summed E-state index contributed by atoms with van der Waals surface area (Å²) < 4.78 is 5.48. The zero-order valence-electron chi connectivity index (χ0n) is 19.8. The number of likely N-dealkylation sites (tertiary alicyclic amines) is 1. The van der Waals surface area contributed by atoms with Crippen LogP contribution in [-0.4, -0.2) is 123 Å². The lowest BCUT2D eigenvalue weighted by molar-refractivity contribution is -0.139. The molecule has 9 heteroatoms. The summed E-state index contributed by atoms with van der Waals surface area (Å²) in [6, 6.07) is 0. The van der Waals surface area contributed by atoms with Crippen molar-refractivity contribution in [2.45, 2.75) is 32.6 Å². The molecular formula is C23H43IN6O2. The number of nitrogens with zero attached hydrogens (tertiary/aromatic N) is 5. The van der Waals surface area contributed by atoms with Gasteiger partial charge in [-0.25, -0.2) is 0 Å². The largest absolute Gasteiger partial charge is 0.379 e. The van der Waals surface area contributed by atoms with Crippen LogP contribution < -0.4 is 5.32 Å². The van der Waals surface area contributed by atoms with E-state index in [1.54, 1.807) is 0 Å². The minimum absolute atomic E-state index is 0. The van der Waals surface area contributed by atoms with Crippen molar-refractivity contribution in [1.82, 2.24) is 24.9 Å². The highest BCUT2D eigenvalue weighted by Gasteiger charge is 2.31. The first kappa shape index (κ1) is 26.0. The number of morpholine rings is 1. The topological polar surface area (TPSA) is 63.7 Å². The Morgan fingerprint density at radius 1 is 0.969 bits per heavy atom. The normalized spacial score (nSPS) is 26.0. The number of piperazine rings is 1. The van der Waals surface area contributed by atoms with Crippen molar-refractivity contribution in [1.29, 1.82) is 0 Å². The van der Waals surface area contributed by atoms with E-state index in [-0.39, 0.29) is 24.0 Å². The average molecular weight is 563 g/mol. The van der Waals surface area contributed by atoms with Crippen molar-refractivity contribution >= 4 is 35.8 Å². The van der Waals surface area contributed by atoms with Gasteiger partial charge in [0.25, 0.3) is 0 Å². The molecule has 4 rings (SSSR count). The van der Waals surface area contributed by atoms with E-state index in [2.05, 4.69) is 31.8 Å². The zero-order valence-corrected chi connectivity index (χ0v) is 22.2. The lowest BCUT2D eigenvalue weighted by atomic mass is 9.84. The van der Waals surface area contributed by atoms with E-state index in [0.717, 1.165) is 110 Å². The molecule has 1 amide bonds. The van der Waals surface area contributed by atoms with Crippen LogP contribution in [0.25, 0.3) is 0 Å². The van der Waals surface area contributed by atoms with E-state index in [0.29, 0.717) is 11.8 Å². The Kier molecular flexibility index (Phi) is 10.8. The van der Waals surface area contributed by atoms with E-state index >= 15 is 0 Å². The maximum atomic E-state index is 12.4. The monoisotopic (exact) mass is 562 g/mol. The second-order valence-electron chi connectivity index (χ2n) is 9.54. The average Bonchev–Trinajstić information content (AvgIpc) is 3.21. The predicted molar refractivity (Wildman–Crippen MR) is 139 cm³/mol. The maximum absolute atomic E-state index is 12.4. The molecule has 1 aliphatic carbocycles. The van der Waals surface area contributed by atoms with Gasteiger partial charge < -0.3 is 19.9 Å². The van der Waals surface area contributed by atoms with Gasteiger partial charge in [0.2, 0.25) is 5.91 Å². The second kappa shape index (κ2) is 13.3. The number of guanidine groups is 1. The van der Waals surface area contributed by atoms with Crippen molar-refractivity contribution in [2.75, 3.05) is 91.8 Å². The van der Waals surface area contributed by atoms with Gasteiger partial charge in [0.05, 0.1) is 19.8 Å². The Labute approximate surface area is 211 Å². The summed E-state index contributed by atoms with van der Waals surface area (Å²) in [4.78, 5) is 26.9. The molecule has 1 atom stereocenters. The third kappa shape index (κ3) is 7.17. The van der Waals surface area contributed by atoms with Crippen LogP contribution in [-0.2, 0) is 9.53 Å². The van der Waals surface area contributed by atoms with Gasteiger partial charge in [0.15, 0.2) is 5.96 Å². The van der Waals surface area contributed by atoms with Crippen LogP contribution in [0.5, 0.6) is 0 Å². The molecule has 3 aliphatic heterocycles. The van der Waals surface area contributed by atoms with Gasteiger partial charge in [0, 0.05) is 77.9 Å². The van der Waals surface area contributed by atoms with Gasteiger partial charge in [-0.05, 0) is 32.1 Å². The Bertz CT molecular complexity index is 603. The maximum Gasteiger partial charge on any atom is 0.225 e. The lowest BCUT2D eigenvalue weighted by Crippen LogP contribution is -2.51. The molecule has 0 radical (unpaired) electrons. The molecule has 3 saturated heterocycles. The predicted octanol–water partition coefficient (Wildman–Crippen LogP) is 1.17. The van der Waals surface area contributed by atoms with E-state index in [4.69, 9.17) is 9.73 Å². The summed E-state index contributed by atoms with van der Waals surface area (Å²) in [5.41, 5.74) is 0. The first-order valence-electron chi connectivity index (χ1n) is 12.6. The summed E-state index contributed by atoms with van der Waals surface area (Å²) in [7, 11) is 0. The van der Waals surface area contributed by atoms with Crippen LogP contribution in [0.15, 0.2) is 4.99 Å². The summed E-state index contributed by atoms with van der Waals surface area (Å²) in [5, 5.41) is 3.50. The van der Waals surface area contributed by atoms with Crippen molar-refractivity contribution in [2.24, 2.45) is 16.8 Å². The van der Waals surface area contributed by atoms with Gasteiger partial charge >= 0.3 is 0 Å². The quantitative estimate of drug-likeness (QED) is 0.286. The van der Waals surface area contributed by atoms with Gasteiger partial charge in [-0.2, -0.15) is 0 Å². The number of halogens is 1. The molecule has 4 aliphatic rings. The zero-order chi connectivity index (χ0) is 21.5.